The van der Waals surface area contributed by atoms with E-state index in [-0.39, 0.29) is 34.3 Å². The van der Waals surface area contributed by atoms with E-state index in [4.69, 9.17) is 0 Å². The maximum atomic E-state index is 12.8. The van der Waals surface area contributed by atoms with E-state index >= 15 is 0 Å². The SMILES string of the molecule is Cc1c(NC(=O)CCCN(C)S(=O)(=O)c2cccs2)c(=O)n(-c2ccccc2)n1C. The number of nitrogens with zero attached hydrogens (tertiary/aromatic N) is 3. The van der Waals surface area contributed by atoms with Gasteiger partial charge in [0.05, 0.1) is 11.4 Å². The fourth-order valence-corrected chi connectivity index (χ4v) is 5.47. The molecule has 0 aliphatic heterocycles. The maximum absolute atomic E-state index is 12.8. The molecule has 0 aliphatic rings. The van der Waals surface area contributed by atoms with Crippen LogP contribution in [0, 0.1) is 6.92 Å². The van der Waals surface area contributed by atoms with Crippen molar-refractivity contribution in [2.45, 2.75) is 24.0 Å². The average Bonchev–Trinajstić information content (AvgIpc) is 3.33. The first-order valence-electron chi connectivity index (χ1n) is 9.37. The summed E-state index contributed by atoms with van der Waals surface area (Å²) in [5.74, 6) is -0.331. The van der Waals surface area contributed by atoms with Gasteiger partial charge in [-0.1, -0.05) is 24.3 Å². The Bertz CT molecular complexity index is 1180. The van der Waals surface area contributed by atoms with Crippen LogP contribution in [-0.4, -0.2) is 41.6 Å². The molecule has 0 saturated carbocycles. The number of carbonyl (C=O) groups is 1. The molecule has 0 bridgehead atoms. The van der Waals surface area contributed by atoms with E-state index in [0.29, 0.717) is 17.8 Å². The number of thiophene rings is 1. The second-order valence-corrected chi connectivity index (χ2v) is 10.1. The van der Waals surface area contributed by atoms with Crippen molar-refractivity contribution in [1.82, 2.24) is 13.7 Å². The highest BCUT2D eigenvalue weighted by Crippen LogP contribution is 2.20. The van der Waals surface area contributed by atoms with Crippen LogP contribution in [0.1, 0.15) is 18.5 Å². The minimum atomic E-state index is -3.54. The van der Waals surface area contributed by atoms with E-state index in [1.165, 1.54) is 16.0 Å². The van der Waals surface area contributed by atoms with Gasteiger partial charge in [0.15, 0.2) is 0 Å². The Morgan fingerprint density at radius 2 is 1.87 bits per heavy atom. The summed E-state index contributed by atoms with van der Waals surface area (Å²) in [5.41, 5.74) is 1.25. The van der Waals surface area contributed by atoms with Gasteiger partial charge in [0.1, 0.15) is 9.90 Å². The molecule has 30 heavy (non-hydrogen) atoms. The summed E-state index contributed by atoms with van der Waals surface area (Å²) in [6.07, 6.45) is 0.440. The van der Waals surface area contributed by atoms with E-state index in [1.54, 1.807) is 36.2 Å². The number of nitrogens with one attached hydrogen (secondary N) is 1. The first-order chi connectivity index (χ1) is 14.2. The zero-order chi connectivity index (χ0) is 21.9. The summed E-state index contributed by atoms with van der Waals surface area (Å²) in [7, 11) is -0.289. The van der Waals surface area contributed by atoms with E-state index in [0.717, 1.165) is 11.3 Å². The van der Waals surface area contributed by atoms with Gasteiger partial charge >= 0.3 is 0 Å². The molecule has 10 heteroatoms. The molecule has 1 amide bonds. The van der Waals surface area contributed by atoms with E-state index in [1.807, 2.05) is 30.3 Å². The number of rotatable bonds is 8. The fourth-order valence-electron chi connectivity index (χ4n) is 3.06. The molecule has 0 aliphatic carbocycles. The number of amides is 1. The Morgan fingerprint density at radius 3 is 2.50 bits per heavy atom. The van der Waals surface area contributed by atoms with Crippen LogP contribution in [0.3, 0.4) is 0 Å². The Labute approximate surface area is 179 Å². The van der Waals surface area contributed by atoms with Crippen molar-refractivity contribution in [2.75, 3.05) is 18.9 Å². The van der Waals surface area contributed by atoms with Crippen LogP contribution in [0.25, 0.3) is 5.69 Å². The van der Waals surface area contributed by atoms with Gasteiger partial charge in [-0.05, 0) is 36.9 Å². The normalized spacial score (nSPS) is 11.7. The zero-order valence-electron chi connectivity index (χ0n) is 17.0. The number of hydrogen-bond donors (Lipinski definition) is 1. The summed E-state index contributed by atoms with van der Waals surface area (Å²) in [5, 5.41) is 4.40. The second kappa shape index (κ2) is 8.99. The third kappa shape index (κ3) is 4.40. The van der Waals surface area contributed by atoms with Crippen LogP contribution >= 0.6 is 11.3 Å². The van der Waals surface area contributed by atoms with Gasteiger partial charge in [0, 0.05) is 27.1 Å². The van der Waals surface area contributed by atoms with Gasteiger partial charge in [-0.15, -0.1) is 11.3 Å². The summed E-state index contributed by atoms with van der Waals surface area (Å²) in [6, 6.07) is 12.4. The topological polar surface area (TPSA) is 93.4 Å². The highest BCUT2D eigenvalue weighted by Gasteiger charge is 2.22. The first-order valence-corrected chi connectivity index (χ1v) is 11.7. The van der Waals surface area contributed by atoms with Crippen molar-refractivity contribution in [3.8, 4) is 5.69 Å². The highest BCUT2D eigenvalue weighted by molar-refractivity contribution is 7.91. The predicted octanol–water partition coefficient (Wildman–Crippen LogP) is 2.59. The fraction of sp³-hybridized carbons (Fsp3) is 0.300. The van der Waals surface area contributed by atoms with Crippen LogP contribution < -0.4 is 10.9 Å². The maximum Gasteiger partial charge on any atom is 0.295 e. The van der Waals surface area contributed by atoms with Crippen molar-refractivity contribution in [1.29, 1.82) is 0 Å². The number of hydrogen-bond acceptors (Lipinski definition) is 5. The first kappa shape index (κ1) is 22.0. The average molecular weight is 449 g/mol. The van der Waals surface area contributed by atoms with E-state index in [9.17, 15) is 18.0 Å². The van der Waals surface area contributed by atoms with E-state index in [2.05, 4.69) is 5.32 Å². The molecule has 0 unspecified atom stereocenters. The monoisotopic (exact) mass is 448 g/mol. The minimum Gasteiger partial charge on any atom is -0.320 e. The Hall–Kier alpha value is -2.69. The molecular formula is C20H24N4O4S2. The lowest BCUT2D eigenvalue weighted by atomic mass is 10.3. The largest absolute Gasteiger partial charge is 0.320 e. The van der Waals surface area contributed by atoms with Gasteiger partial charge in [0.2, 0.25) is 5.91 Å². The minimum absolute atomic E-state index is 0.101. The predicted molar refractivity (Wildman–Crippen MR) is 118 cm³/mol. The Kier molecular flexibility index (Phi) is 6.59. The molecule has 0 fully saturated rings. The van der Waals surface area contributed by atoms with Gasteiger partial charge in [-0.3, -0.25) is 14.3 Å². The highest BCUT2D eigenvalue weighted by atomic mass is 32.2. The van der Waals surface area contributed by atoms with Crippen LogP contribution in [0.5, 0.6) is 0 Å². The molecule has 160 valence electrons. The molecule has 0 spiro atoms. The Morgan fingerprint density at radius 1 is 1.17 bits per heavy atom. The van der Waals surface area contributed by atoms with E-state index < -0.39 is 10.0 Å². The van der Waals surface area contributed by atoms with Gasteiger partial charge in [-0.2, -0.15) is 0 Å². The lowest BCUT2D eigenvalue weighted by molar-refractivity contribution is -0.116. The Balaban J connectivity index is 1.64. The molecule has 3 aromatic rings. The molecule has 0 atom stereocenters. The van der Waals surface area contributed by atoms with Crippen molar-refractivity contribution in [2.24, 2.45) is 7.05 Å². The van der Waals surface area contributed by atoms with Crippen molar-refractivity contribution >= 4 is 33.0 Å². The number of aromatic nitrogens is 2. The molecule has 1 aromatic carbocycles. The summed E-state index contributed by atoms with van der Waals surface area (Å²) < 4.78 is 29.5. The molecule has 8 nitrogen and oxygen atoms in total. The standard InChI is InChI=1S/C20H24N4O4S2/c1-15-19(20(26)24(23(15)3)16-9-5-4-6-10-16)21-17(25)11-7-13-22(2)30(27,28)18-12-8-14-29-18/h4-6,8-10,12,14H,7,11,13H2,1-3H3,(H,21,25). The molecule has 0 radical (unpaired) electrons. The smallest absolute Gasteiger partial charge is 0.295 e. The molecule has 2 aromatic heterocycles. The number of benzene rings is 1. The van der Waals surface area contributed by atoms with Crippen molar-refractivity contribution in [3.05, 3.63) is 63.9 Å². The quantitative estimate of drug-likeness (QED) is 0.573. The second-order valence-electron chi connectivity index (χ2n) is 6.85. The number of anilines is 1. The third-order valence-electron chi connectivity index (χ3n) is 4.86. The van der Waals surface area contributed by atoms with Gasteiger partial charge in [0.25, 0.3) is 15.6 Å². The molecule has 3 rings (SSSR count). The molecule has 1 N–H and O–H groups in total. The molecule has 0 saturated heterocycles. The lowest BCUT2D eigenvalue weighted by Gasteiger charge is -2.15. The van der Waals surface area contributed by atoms with Gasteiger partial charge < -0.3 is 5.32 Å². The molecule has 2 heterocycles. The number of para-hydroxylation sites is 1. The third-order valence-corrected chi connectivity index (χ3v) is 8.09. The van der Waals surface area contributed by atoms with Gasteiger partial charge in [-0.25, -0.2) is 17.4 Å². The number of sulfonamides is 1. The lowest BCUT2D eigenvalue weighted by Crippen LogP contribution is -2.28. The van der Waals surface area contributed by atoms with Crippen molar-refractivity contribution < 1.29 is 13.2 Å². The van der Waals surface area contributed by atoms with Crippen LogP contribution in [0.4, 0.5) is 5.69 Å². The summed E-state index contributed by atoms with van der Waals surface area (Å²) in [4.78, 5) is 25.2. The van der Waals surface area contributed by atoms with Crippen molar-refractivity contribution in [3.63, 3.8) is 0 Å². The zero-order valence-corrected chi connectivity index (χ0v) is 18.7. The molecular weight excluding hydrogens is 424 g/mol. The van der Waals surface area contributed by atoms with Crippen LogP contribution in [0.2, 0.25) is 0 Å². The summed E-state index contributed by atoms with van der Waals surface area (Å²) in [6.45, 7) is 1.97. The van der Waals surface area contributed by atoms with Crippen LogP contribution in [-0.2, 0) is 21.9 Å². The number of carbonyl (C=O) groups excluding carboxylic acids is 1. The summed E-state index contributed by atoms with van der Waals surface area (Å²) >= 11 is 1.16. The van der Waals surface area contributed by atoms with Crippen LogP contribution in [0.15, 0.2) is 56.8 Å².